The molecule has 1 rings (SSSR count). The first-order valence-electron chi connectivity index (χ1n) is 2.91. The van der Waals surface area contributed by atoms with Gasteiger partial charge in [0.1, 0.15) is 5.76 Å². The van der Waals surface area contributed by atoms with E-state index in [-0.39, 0.29) is 12.0 Å². The molecule has 0 fully saturated rings. The van der Waals surface area contributed by atoms with E-state index in [0.717, 1.165) is 0 Å². The van der Waals surface area contributed by atoms with Gasteiger partial charge in [0.25, 0.3) is 0 Å². The summed E-state index contributed by atoms with van der Waals surface area (Å²) in [5.74, 6) is 0.371. The number of azide groups is 1. The fourth-order valence-corrected chi connectivity index (χ4v) is 0.614. The zero-order chi connectivity index (χ0) is 8.10. The van der Waals surface area contributed by atoms with Gasteiger partial charge in [0, 0.05) is 17.0 Å². The van der Waals surface area contributed by atoms with Gasteiger partial charge in [-0.1, -0.05) is 5.11 Å². The normalized spacial score (nSPS) is 8.73. The van der Waals surface area contributed by atoms with Crippen LogP contribution in [0.2, 0.25) is 0 Å². The molecule has 0 atom stereocenters. The second kappa shape index (κ2) is 3.43. The Hall–Kier alpha value is -1.74. The first-order valence-corrected chi connectivity index (χ1v) is 2.91. The Morgan fingerprint density at radius 1 is 1.73 bits per heavy atom. The van der Waals surface area contributed by atoms with E-state index >= 15 is 0 Å². The molecule has 0 saturated carbocycles. The molecule has 1 aromatic heterocycles. The van der Waals surface area contributed by atoms with Crippen LogP contribution in [0.5, 0.6) is 0 Å². The second-order valence-electron chi connectivity index (χ2n) is 1.82. The highest BCUT2D eigenvalue weighted by atomic mass is 16.3. The third kappa shape index (κ3) is 2.15. The van der Waals surface area contributed by atoms with E-state index in [9.17, 15) is 4.79 Å². The van der Waals surface area contributed by atoms with E-state index in [0.29, 0.717) is 5.76 Å². The van der Waals surface area contributed by atoms with Crippen LogP contribution in [0.3, 0.4) is 0 Å². The molecule has 5 heteroatoms. The lowest BCUT2D eigenvalue weighted by atomic mass is 10.4. The van der Waals surface area contributed by atoms with Crippen molar-refractivity contribution in [1.29, 1.82) is 0 Å². The predicted octanol–water partition coefficient (Wildman–Crippen LogP) is 1.45. The van der Waals surface area contributed by atoms with E-state index in [1.165, 1.54) is 18.4 Å². The standard InChI is InChI=1S/C6H5N3O2/c7-9-8-4-6-3-5(10)1-2-11-6/h1-3H,4H2. The largest absolute Gasteiger partial charge is 0.469 e. The quantitative estimate of drug-likeness (QED) is 0.364. The fraction of sp³-hybridized carbons (Fsp3) is 0.167. The molecular weight excluding hydrogens is 146 g/mol. The molecule has 0 bridgehead atoms. The van der Waals surface area contributed by atoms with Gasteiger partial charge >= 0.3 is 0 Å². The maximum atomic E-state index is 10.7. The third-order valence-corrected chi connectivity index (χ3v) is 1.04. The van der Waals surface area contributed by atoms with Crippen molar-refractivity contribution in [3.63, 3.8) is 0 Å². The van der Waals surface area contributed by atoms with Crippen LogP contribution in [0.15, 0.2) is 32.7 Å². The van der Waals surface area contributed by atoms with Crippen molar-refractivity contribution in [2.24, 2.45) is 5.11 Å². The van der Waals surface area contributed by atoms with E-state index in [1.54, 1.807) is 0 Å². The first-order chi connectivity index (χ1) is 5.33. The molecule has 0 amide bonds. The van der Waals surface area contributed by atoms with Gasteiger partial charge in [-0.2, -0.15) is 0 Å². The Kier molecular flexibility index (Phi) is 2.30. The molecule has 11 heavy (non-hydrogen) atoms. The van der Waals surface area contributed by atoms with Gasteiger partial charge in [-0.25, -0.2) is 0 Å². The van der Waals surface area contributed by atoms with E-state index in [1.807, 2.05) is 0 Å². The minimum Gasteiger partial charge on any atom is -0.469 e. The third-order valence-electron chi connectivity index (χ3n) is 1.04. The van der Waals surface area contributed by atoms with Crippen molar-refractivity contribution >= 4 is 0 Å². The van der Waals surface area contributed by atoms with Crippen molar-refractivity contribution in [2.45, 2.75) is 6.54 Å². The Labute approximate surface area is 61.9 Å². The second-order valence-corrected chi connectivity index (χ2v) is 1.82. The van der Waals surface area contributed by atoms with Gasteiger partial charge in [0.05, 0.1) is 12.8 Å². The van der Waals surface area contributed by atoms with Gasteiger partial charge in [-0.3, -0.25) is 4.79 Å². The summed E-state index contributed by atoms with van der Waals surface area (Å²) in [6.07, 6.45) is 1.27. The smallest absolute Gasteiger partial charge is 0.185 e. The van der Waals surface area contributed by atoms with Crippen LogP contribution in [0, 0.1) is 0 Å². The van der Waals surface area contributed by atoms with Crippen LogP contribution in [0.1, 0.15) is 5.76 Å². The monoisotopic (exact) mass is 151 g/mol. The number of hydrogen-bond acceptors (Lipinski definition) is 3. The van der Waals surface area contributed by atoms with Crippen LogP contribution < -0.4 is 5.43 Å². The molecular formula is C6H5N3O2. The maximum absolute atomic E-state index is 10.7. The Morgan fingerprint density at radius 3 is 3.18 bits per heavy atom. The fourth-order valence-electron chi connectivity index (χ4n) is 0.614. The lowest BCUT2D eigenvalue weighted by Crippen LogP contribution is -1.96. The van der Waals surface area contributed by atoms with Crippen molar-refractivity contribution in [2.75, 3.05) is 0 Å². The van der Waals surface area contributed by atoms with Gasteiger partial charge in [0.15, 0.2) is 5.43 Å². The summed E-state index contributed by atoms with van der Waals surface area (Å²) >= 11 is 0. The molecule has 0 spiro atoms. The number of hydrogen-bond donors (Lipinski definition) is 0. The highest BCUT2D eigenvalue weighted by molar-refractivity contribution is 4.99. The van der Waals surface area contributed by atoms with E-state index in [4.69, 9.17) is 9.95 Å². The van der Waals surface area contributed by atoms with Crippen LogP contribution in [0.4, 0.5) is 0 Å². The maximum Gasteiger partial charge on any atom is 0.185 e. The number of rotatable bonds is 2. The molecule has 1 aromatic rings. The first kappa shape index (κ1) is 7.37. The molecule has 0 aliphatic carbocycles. The van der Waals surface area contributed by atoms with Crippen LogP contribution in [-0.4, -0.2) is 0 Å². The van der Waals surface area contributed by atoms with Crippen LogP contribution >= 0.6 is 0 Å². The van der Waals surface area contributed by atoms with Crippen LogP contribution in [-0.2, 0) is 6.54 Å². The number of nitrogens with zero attached hydrogens (tertiary/aromatic N) is 3. The average Bonchev–Trinajstić information content (AvgIpc) is 2.01. The van der Waals surface area contributed by atoms with Crippen molar-refractivity contribution in [3.8, 4) is 0 Å². The van der Waals surface area contributed by atoms with Gasteiger partial charge in [-0.05, 0) is 5.53 Å². The molecule has 1 heterocycles. The SMILES string of the molecule is [N-]=[N+]=NCc1cc(=O)cco1. The minimum absolute atomic E-state index is 0.0760. The molecule has 0 radical (unpaired) electrons. The van der Waals surface area contributed by atoms with Crippen molar-refractivity contribution in [1.82, 2.24) is 0 Å². The zero-order valence-corrected chi connectivity index (χ0v) is 5.60. The summed E-state index contributed by atoms with van der Waals surface area (Å²) in [5, 5.41) is 3.23. The minimum atomic E-state index is -0.153. The molecule has 0 saturated heterocycles. The summed E-state index contributed by atoms with van der Waals surface area (Å²) in [5.41, 5.74) is 7.78. The summed E-state index contributed by atoms with van der Waals surface area (Å²) in [4.78, 5) is 13.2. The summed E-state index contributed by atoms with van der Waals surface area (Å²) < 4.78 is 4.85. The molecule has 0 unspecified atom stereocenters. The predicted molar refractivity (Wildman–Crippen MR) is 37.8 cm³/mol. The van der Waals surface area contributed by atoms with Crippen molar-refractivity contribution in [3.05, 3.63) is 44.8 Å². The van der Waals surface area contributed by atoms with E-state index in [2.05, 4.69) is 10.0 Å². The summed E-state index contributed by atoms with van der Waals surface area (Å²) in [6, 6.07) is 2.58. The molecule has 0 aliphatic rings. The van der Waals surface area contributed by atoms with Gasteiger partial charge in [0.2, 0.25) is 0 Å². The molecule has 5 nitrogen and oxygen atoms in total. The van der Waals surface area contributed by atoms with Crippen molar-refractivity contribution < 1.29 is 4.42 Å². The zero-order valence-electron chi connectivity index (χ0n) is 5.60. The molecule has 56 valence electrons. The average molecular weight is 151 g/mol. The highest BCUT2D eigenvalue weighted by Gasteiger charge is 1.91. The van der Waals surface area contributed by atoms with Gasteiger partial charge in [-0.15, -0.1) is 0 Å². The van der Waals surface area contributed by atoms with E-state index < -0.39 is 0 Å². The highest BCUT2D eigenvalue weighted by Crippen LogP contribution is 1.95. The Bertz CT molecular complexity index is 338. The lowest BCUT2D eigenvalue weighted by molar-refractivity contribution is 0.493. The lowest BCUT2D eigenvalue weighted by Gasteiger charge is -1.89. The molecule has 0 N–H and O–H groups in total. The topological polar surface area (TPSA) is 79.0 Å². The summed E-state index contributed by atoms with van der Waals surface area (Å²) in [6.45, 7) is 0.0760. The Balaban J connectivity index is 2.87. The van der Waals surface area contributed by atoms with Crippen LogP contribution in [0.25, 0.3) is 10.4 Å². The Morgan fingerprint density at radius 2 is 2.55 bits per heavy atom. The van der Waals surface area contributed by atoms with Gasteiger partial charge < -0.3 is 4.42 Å². The summed E-state index contributed by atoms with van der Waals surface area (Å²) in [7, 11) is 0. The molecule has 0 aliphatic heterocycles. The molecule has 0 aromatic carbocycles.